The van der Waals surface area contributed by atoms with Crippen LogP contribution in [-0.2, 0) is 6.42 Å². The molecule has 1 aromatic heterocycles. The van der Waals surface area contributed by atoms with E-state index < -0.39 is 0 Å². The van der Waals surface area contributed by atoms with E-state index in [-0.39, 0.29) is 0 Å². The van der Waals surface area contributed by atoms with Crippen LogP contribution >= 0.6 is 11.3 Å². The molecule has 2 N–H and O–H groups in total. The van der Waals surface area contributed by atoms with E-state index in [0.717, 1.165) is 12.5 Å². The van der Waals surface area contributed by atoms with Crippen molar-refractivity contribution in [2.75, 3.05) is 6.54 Å². The van der Waals surface area contributed by atoms with Crippen molar-refractivity contribution >= 4 is 11.3 Å². The van der Waals surface area contributed by atoms with Crippen LogP contribution in [-0.4, -0.2) is 6.54 Å². The van der Waals surface area contributed by atoms with Crippen LogP contribution in [0, 0.1) is 11.3 Å². The van der Waals surface area contributed by atoms with Gasteiger partial charge in [0.25, 0.3) is 0 Å². The van der Waals surface area contributed by atoms with Crippen LogP contribution in [0.5, 0.6) is 0 Å². The first kappa shape index (κ1) is 13.1. The molecule has 1 aliphatic rings. The Labute approximate surface area is 109 Å². The highest BCUT2D eigenvalue weighted by Gasteiger charge is 2.34. The van der Waals surface area contributed by atoms with Crippen LogP contribution in [0.2, 0.25) is 0 Å². The standard InChI is InChI=1S/C15H25NS/c1-2-13-4-3-7-15(10-13,12-16)8-5-14-6-9-17-11-14/h6,9,11,13H,2-5,7-8,10,12,16H2,1H3. The third-order valence-electron chi connectivity index (χ3n) is 4.58. The number of thiophene rings is 1. The van der Waals surface area contributed by atoms with Crippen molar-refractivity contribution in [3.63, 3.8) is 0 Å². The highest BCUT2D eigenvalue weighted by molar-refractivity contribution is 7.07. The molecule has 1 fully saturated rings. The number of nitrogens with two attached hydrogens (primary N) is 1. The molecule has 0 aliphatic heterocycles. The second-order valence-corrected chi connectivity index (χ2v) is 6.49. The van der Waals surface area contributed by atoms with Crippen LogP contribution in [0.25, 0.3) is 0 Å². The van der Waals surface area contributed by atoms with E-state index in [4.69, 9.17) is 5.73 Å². The van der Waals surface area contributed by atoms with Gasteiger partial charge in [-0.05, 0) is 66.0 Å². The Bertz CT molecular complexity index is 320. The molecule has 2 heteroatoms. The van der Waals surface area contributed by atoms with Crippen molar-refractivity contribution in [1.82, 2.24) is 0 Å². The molecule has 1 nitrogen and oxygen atoms in total. The number of hydrogen-bond acceptors (Lipinski definition) is 2. The molecule has 1 aliphatic carbocycles. The van der Waals surface area contributed by atoms with Gasteiger partial charge in [-0.25, -0.2) is 0 Å². The summed E-state index contributed by atoms with van der Waals surface area (Å²) in [4.78, 5) is 0. The van der Waals surface area contributed by atoms with Gasteiger partial charge in [-0.15, -0.1) is 0 Å². The lowest BCUT2D eigenvalue weighted by Gasteiger charge is -2.40. The fourth-order valence-corrected chi connectivity index (χ4v) is 3.99. The molecule has 0 bridgehead atoms. The zero-order chi connectivity index (χ0) is 12.1. The Hall–Kier alpha value is -0.340. The van der Waals surface area contributed by atoms with E-state index in [9.17, 15) is 0 Å². The molecule has 96 valence electrons. The summed E-state index contributed by atoms with van der Waals surface area (Å²) in [6.07, 6.45) is 9.37. The summed E-state index contributed by atoms with van der Waals surface area (Å²) in [5.41, 5.74) is 8.04. The van der Waals surface area contributed by atoms with Gasteiger partial charge >= 0.3 is 0 Å². The number of aryl methyl sites for hydroxylation is 1. The van der Waals surface area contributed by atoms with E-state index >= 15 is 0 Å². The van der Waals surface area contributed by atoms with Crippen LogP contribution < -0.4 is 5.73 Å². The first-order valence-corrected chi connectivity index (χ1v) is 7.93. The molecular weight excluding hydrogens is 226 g/mol. The van der Waals surface area contributed by atoms with Crippen molar-refractivity contribution in [1.29, 1.82) is 0 Å². The topological polar surface area (TPSA) is 26.0 Å². The SMILES string of the molecule is CCC1CCCC(CN)(CCc2ccsc2)C1. The van der Waals surface area contributed by atoms with E-state index in [1.807, 2.05) is 0 Å². The molecule has 2 atom stereocenters. The highest BCUT2D eigenvalue weighted by Crippen LogP contribution is 2.43. The molecule has 1 aromatic rings. The van der Waals surface area contributed by atoms with Gasteiger partial charge in [0.05, 0.1) is 0 Å². The summed E-state index contributed by atoms with van der Waals surface area (Å²) in [6.45, 7) is 3.21. The summed E-state index contributed by atoms with van der Waals surface area (Å²) >= 11 is 1.81. The molecular formula is C15H25NS. The van der Waals surface area contributed by atoms with Gasteiger partial charge in [0.2, 0.25) is 0 Å². The fourth-order valence-electron chi connectivity index (χ4n) is 3.29. The molecule has 0 saturated heterocycles. The molecule has 0 amide bonds. The summed E-state index contributed by atoms with van der Waals surface area (Å²) < 4.78 is 0. The fraction of sp³-hybridized carbons (Fsp3) is 0.733. The van der Waals surface area contributed by atoms with Gasteiger partial charge in [0.15, 0.2) is 0 Å². The van der Waals surface area contributed by atoms with Crippen LogP contribution in [0.4, 0.5) is 0 Å². The van der Waals surface area contributed by atoms with Crippen LogP contribution in [0.15, 0.2) is 16.8 Å². The van der Waals surface area contributed by atoms with Gasteiger partial charge in [-0.1, -0.05) is 26.2 Å². The summed E-state index contributed by atoms with van der Waals surface area (Å²) in [5.74, 6) is 0.926. The molecule has 1 saturated carbocycles. The normalized spacial score (nSPS) is 29.4. The average molecular weight is 251 g/mol. The predicted octanol–water partition coefficient (Wildman–Crippen LogP) is 4.23. The quantitative estimate of drug-likeness (QED) is 0.833. The Morgan fingerprint density at radius 3 is 3.06 bits per heavy atom. The Morgan fingerprint density at radius 1 is 1.53 bits per heavy atom. The van der Waals surface area contributed by atoms with Gasteiger partial charge in [0, 0.05) is 0 Å². The monoisotopic (exact) mass is 251 g/mol. The summed E-state index contributed by atoms with van der Waals surface area (Å²) in [7, 11) is 0. The maximum absolute atomic E-state index is 6.10. The molecule has 0 spiro atoms. The zero-order valence-electron chi connectivity index (χ0n) is 11.0. The van der Waals surface area contributed by atoms with E-state index in [1.165, 1.54) is 50.5 Å². The molecule has 1 heterocycles. The Morgan fingerprint density at radius 2 is 2.41 bits per heavy atom. The first-order chi connectivity index (χ1) is 8.28. The van der Waals surface area contributed by atoms with E-state index in [2.05, 4.69) is 23.8 Å². The minimum atomic E-state index is 0.445. The van der Waals surface area contributed by atoms with Crippen LogP contribution in [0.1, 0.15) is 51.0 Å². The Balaban J connectivity index is 1.94. The third kappa shape index (κ3) is 3.32. The lowest BCUT2D eigenvalue weighted by molar-refractivity contribution is 0.131. The van der Waals surface area contributed by atoms with Gasteiger partial charge in [0.1, 0.15) is 0 Å². The molecule has 2 unspecified atom stereocenters. The number of rotatable bonds is 5. The van der Waals surface area contributed by atoms with Crippen LogP contribution in [0.3, 0.4) is 0 Å². The Kier molecular flexibility index (Phi) is 4.63. The van der Waals surface area contributed by atoms with Crippen molar-refractivity contribution in [3.05, 3.63) is 22.4 Å². The molecule has 0 radical (unpaired) electrons. The lowest BCUT2D eigenvalue weighted by atomic mass is 9.66. The minimum Gasteiger partial charge on any atom is -0.330 e. The third-order valence-corrected chi connectivity index (χ3v) is 5.31. The lowest BCUT2D eigenvalue weighted by Crippen LogP contribution is -2.36. The molecule has 17 heavy (non-hydrogen) atoms. The zero-order valence-corrected chi connectivity index (χ0v) is 11.8. The second-order valence-electron chi connectivity index (χ2n) is 5.71. The maximum Gasteiger partial charge on any atom is -0.00203 e. The highest BCUT2D eigenvalue weighted by atomic mass is 32.1. The molecule has 0 aromatic carbocycles. The number of hydrogen-bond donors (Lipinski definition) is 1. The van der Waals surface area contributed by atoms with E-state index in [0.29, 0.717) is 5.41 Å². The predicted molar refractivity (Wildman–Crippen MR) is 76.4 cm³/mol. The average Bonchev–Trinajstić information content (AvgIpc) is 2.90. The minimum absolute atomic E-state index is 0.445. The molecule has 2 rings (SSSR count). The maximum atomic E-state index is 6.10. The van der Waals surface area contributed by atoms with Crippen molar-refractivity contribution < 1.29 is 0 Å². The second kappa shape index (κ2) is 6.01. The van der Waals surface area contributed by atoms with Gasteiger partial charge in [-0.2, -0.15) is 11.3 Å². The van der Waals surface area contributed by atoms with Crippen molar-refractivity contribution in [3.8, 4) is 0 Å². The van der Waals surface area contributed by atoms with E-state index in [1.54, 1.807) is 11.3 Å². The first-order valence-electron chi connectivity index (χ1n) is 6.99. The summed E-state index contributed by atoms with van der Waals surface area (Å²) in [5, 5.41) is 4.46. The van der Waals surface area contributed by atoms with Crippen molar-refractivity contribution in [2.24, 2.45) is 17.1 Å². The smallest absolute Gasteiger partial charge is 0.00203 e. The summed E-state index contributed by atoms with van der Waals surface area (Å²) in [6, 6.07) is 2.26. The van der Waals surface area contributed by atoms with Gasteiger partial charge in [-0.3, -0.25) is 0 Å². The van der Waals surface area contributed by atoms with Crippen molar-refractivity contribution in [2.45, 2.75) is 51.9 Å². The largest absolute Gasteiger partial charge is 0.330 e. The van der Waals surface area contributed by atoms with Gasteiger partial charge < -0.3 is 5.73 Å².